The van der Waals surface area contributed by atoms with Gasteiger partial charge in [-0.15, -0.1) is 0 Å². The standard InChI is InChI=1S/C24H16Cl3N3O5/c1-34-21-7-6-14(9-22(21)35-13-15-4-2-3-5-18(15)25)8-16(12-28)24(31)29-23-19(26)10-17(30(32)33)11-20(23)27/h2-11H,13H2,1H3,(H,29,31)/b16-8+. The molecule has 0 bridgehead atoms. The van der Waals surface area contributed by atoms with E-state index in [1.807, 2.05) is 24.3 Å². The Hall–Kier alpha value is -3.77. The topological polar surface area (TPSA) is 114 Å². The first-order chi connectivity index (χ1) is 16.7. The van der Waals surface area contributed by atoms with E-state index in [0.29, 0.717) is 22.1 Å². The molecule has 3 aromatic carbocycles. The Morgan fingerprint density at radius 1 is 1.09 bits per heavy atom. The molecule has 1 N–H and O–H groups in total. The second-order valence-electron chi connectivity index (χ2n) is 6.96. The van der Waals surface area contributed by atoms with Gasteiger partial charge in [0.2, 0.25) is 0 Å². The quantitative estimate of drug-likeness (QED) is 0.150. The van der Waals surface area contributed by atoms with Crippen LogP contribution < -0.4 is 14.8 Å². The summed E-state index contributed by atoms with van der Waals surface area (Å²) in [6.45, 7) is 0.173. The van der Waals surface area contributed by atoms with Crippen LogP contribution in [0.25, 0.3) is 6.08 Å². The summed E-state index contributed by atoms with van der Waals surface area (Å²) in [5, 5.41) is 23.2. The van der Waals surface area contributed by atoms with Gasteiger partial charge in [-0.05, 0) is 29.8 Å². The average Bonchev–Trinajstić information content (AvgIpc) is 2.84. The van der Waals surface area contributed by atoms with Crippen molar-refractivity contribution in [3.63, 3.8) is 0 Å². The fraction of sp³-hybridized carbons (Fsp3) is 0.0833. The third kappa shape index (κ3) is 6.43. The van der Waals surface area contributed by atoms with Gasteiger partial charge >= 0.3 is 0 Å². The molecule has 0 spiro atoms. The van der Waals surface area contributed by atoms with Gasteiger partial charge in [-0.1, -0.05) is 59.1 Å². The highest BCUT2D eigenvalue weighted by atomic mass is 35.5. The number of carbonyl (C=O) groups excluding carboxylic acids is 1. The molecule has 178 valence electrons. The van der Waals surface area contributed by atoms with Crippen LogP contribution in [0.2, 0.25) is 15.1 Å². The summed E-state index contributed by atoms with van der Waals surface area (Å²) in [5.41, 5.74) is 0.594. The second kappa shape index (κ2) is 11.6. The molecule has 0 atom stereocenters. The molecule has 0 unspecified atom stereocenters. The van der Waals surface area contributed by atoms with Crippen LogP contribution in [0.3, 0.4) is 0 Å². The van der Waals surface area contributed by atoms with E-state index in [0.717, 1.165) is 17.7 Å². The monoisotopic (exact) mass is 531 g/mol. The number of nitrogens with zero attached hydrogens (tertiary/aromatic N) is 2. The number of nitriles is 1. The number of rotatable bonds is 8. The maximum Gasteiger partial charge on any atom is 0.272 e. The Bertz CT molecular complexity index is 1350. The van der Waals surface area contributed by atoms with Crippen LogP contribution in [0.5, 0.6) is 11.5 Å². The molecule has 0 aliphatic rings. The number of nitro benzene ring substituents is 1. The summed E-state index contributed by atoms with van der Waals surface area (Å²) in [4.78, 5) is 23.0. The first kappa shape index (κ1) is 25.8. The first-order valence-corrected chi connectivity index (χ1v) is 11.0. The number of methoxy groups -OCH3 is 1. The summed E-state index contributed by atoms with van der Waals surface area (Å²) < 4.78 is 11.2. The first-order valence-electron chi connectivity index (χ1n) is 9.84. The van der Waals surface area contributed by atoms with Gasteiger partial charge in [0.15, 0.2) is 11.5 Å². The number of nitrogens with one attached hydrogen (secondary N) is 1. The minimum Gasteiger partial charge on any atom is -0.493 e. The Morgan fingerprint density at radius 2 is 1.77 bits per heavy atom. The fourth-order valence-corrected chi connectivity index (χ4v) is 3.71. The number of non-ortho nitro benzene ring substituents is 1. The number of nitro groups is 1. The van der Waals surface area contributed by atoms with Crippen LogP contribution in [0, 0.1) is 21.4 Å². The molecule has 3 aromatic rings. The van der Waals surface area contributed by atoms with Crippen molar-refractivity contribution in [3.8, 4) is 17.6 Å². The lowest BCUT2D eigenvalue weighted by Crippen LogP contribution is -2.14. The molecule has 0 fully saturated rings. The Morgan fingerprint density at radius 3 is 2.37 bits per heavy atom. The predicted octanol–water partition coefficient (Wildman–Crippen LogP) is 6.69. The number of carbonyl (C=O) groups is 1. The summed E-state index contributed by atoms with van der Waals surface area (Å²) in [6.07, 6.45) is 1.34. The zero-order valence-corrected chi connectivity index (χ0v) is 20.3. The van der Waals surface area contributed by atoms with E-state index >= 15 is 0 Å². The van der Waals surface area contributed by atoms with Crippen molar-refractivity contribution in [1.29, 1.82) is 5.26 Å². The third-order valence-electron chi connectivity index (χ3n) is 4.68. The summed E-state index contributed by atoms with van der Waals surface area (Å²) >= 11 is 18.2. The molecule has 0 aromatic heterocycles. The van der Waals surface area contributed by atoms with E-state index in [1.165, 1.54) is 13.2 Å². The van der Waals surface area contributed by atoms with Gasteiger partial charge in [-0.2, -0.15) is 5.26 Å². The highest BCUT2D eigenvalue weighted by Crippen LogP contribution is 2.35. The smallest absolute Gasteiger partial charge is 0.272 e. The Balaban J connectivity index is 1.85. The van der Waals surface area contributed by atoms with Crippen LogP contribution >= 0.6 is 34.8 Å². The van der Waals surface area contributed by atoms with Crippen molar-refractivity contribution in [2.75, 3.05) is 12.4 Å². The number of halogens is 3. The molecular formula is C24H16Cl3N3O5. The zero-order valence-electron chi connectivity index (χ0n) is 18.1. The van der Waals surface area contributed by atoms with Crippen molar-refractivity contribution in [1.82, 2.24) is 0 Å². The number of anilines is 1. The maximum atomic E-state index is 12.7. The molecule has 0 saturated heterocycles. The molecule has 1 amide bonds. The molecule has 3 rings (SSSR count). The van der Waals surface area contributed by atoms with Crippen molar-refractivity contribution >= 4 is 58.2 Å². The zero-order chi connectivity index (χ0) is 25.5. The van der Waals surface area contributed by atoms with Crippen molar-refractivity contribution in [2.45, 2.75) is 6.61 Å². The van der Waals surface area contributed by atoms with Gasteiger partial charge in [0, 0.05) is 22.7 Å². The second-order valence-corrected chi connectivity index (χ2v) is 8.18. The molecule has 0 heterocycles. The van der Waals surface area contributed by atoms with Crippen molar-refractivity contribution in [3.05, 3.63) is 96.5 Å². The van der Waals surface area contributed by atoms with Gasteiger partial charge < -0.3 is 14.8 Å². The van der Waals surface area contributed by atoms with Gasteiger partial charge in [0.25, 0.3) is 11.6 Å². The number of benzene rings is 3. The fourth-order valence-electron chi connectivity index (χ4n) is 2.95. The van der Waals surface area contributed by atoms with E-state index in [9.17, 15) is 20.2 Å². The van der Waals surface area contributed by atoms with E-state index in [4.69, 9.17) is 44.3 Å². The van der Waals surface area contributed by atoms with E-state index in [1.54, 1.807) is 24.3 Å². The normalized spacial score (nSPS) is 10.9. The molecule has 0 aliphatic heterocycles. The minimum absolute atomic E-state index is 0.0522. The average molecular weight is 533 g/mol. The number of hydrogen-bond acceptors (Lipinski definition) is 6. The lowest BCUT2D eigenvalue weighted by molar-refractivity contribution is -0.384. The lowest BCUT2D eigenvalue weighted by atomic mass is 10.1. The Kier molecular flexibility index (Phi) is 8.55. The lowest BCUT2D eigenvalue weighted by Gasteiger charge is -2.12. The third-order valence-corrected chi connectivity index (χ3v) is 5.65. The largest absolute Gasteiger partial charge is 0.493 e. The molecular weight excluding hydrogens is 517 g/mol. The predicted molar refractivity (Wildman–Crippen MR) is 134 cm³/mol. The Labute approximate surface area is 215 Å². The summed E-state index contributed by atoms with van der Waals surface area (Å²) in [7, 11) is 1.49. The van der Waals surface area contributed by atoms with Crippen LogP contribution in [0.15, 0.2) is 60.2 Å². The molecule has 0 radical (unpaired) electrons. The van der Waals surface area contributed by atoms with Crippen molar-refractivity contribution in [2.24, 2.45) is 0 Å². The molecule has 11 heteroatoms. The van der Waals surface area contributed by atoms with E-state index in [-0.39, 0.29) is 33.6 Å². The number of ether oxygens (including phenoxy) is 2. The minimum atomic E-state index is -0.806. The van der Waals surface area contributed by atoms with Crippen LogP contribution in [0.1, 0.15) is 11.1 Å². The molecule has 0 saturated carbocycles. The molecule has 0 aliphatic carbocycles. The number of amides is 1. The summed E-state index contributed by atoms with van der Waals surface area (Å²) in [6, 6.07) is 16.0. The van der Waals surface area contributed by atoms with Crippen LogP contribution in [-0.2, 0) is 11.4 Å². The molecule has 35 heavy (non-hydrogen) atoms. The van der Waals surface area contributed by atoms with Crippen LogP contribution in [-0.4, -0.2) is 17.9 Å². The van der Waals surface area contributed by atoms with Crippen LogP contribution in [0.4, 0.5) is 11.4 Å². The molecule has 8 nitrogen and oxygen atoms in total. The highest BCUT2D eigenvalue weighted by Gasteiger charge is 2.18. The van der Waals surface area contributed by atoms with E-state index < -0.39 is 10.8 Å². The summed E-state index contributed by atoms with van der Waals surface area (Å²) in [5.74, 6) is 0.0152. The van der Waals surface area contributed by atoms with Gasteiger partial charge in [-0.25, -0.2) is 0 Å². The maximum absolute atomic E-state index is 12.7. The SMILES string of the molecule is COc1ccc(/C=C(\C#N)C(=O)Nc2c(Cl)cc([N+](=O)[O-])cc2Cl)cc1OCc1ccccc1Cl. The van der Waals surface area contributed by atoms with Crippen molar-refractivity contribution < 1.29 is 19.2 Å². The number of hydrogen-bond donors (Lipinski definition) is 1. The highest BCUT2D eigenvalue weighted by molar-refractivity contribution is 6.40. The van der Waals surface area contributed by atoms with Gasteiger partial charge in [0.05, 0.1) is 27.8 Å². The van der Waals surface area contributed by atoms with E-state index in [2.05, 4.69) is 5.32 Å². The van der Waals surface area contributed by atoms with Gasteiger partial charge in [-0.3, -0.25) is 14.9 Å². The van der Waals surface area contributed by atoms with Gasteiger partial charge in [0.1, 0.15) is 18.2 Å².